The molecular weight excluding hydrogens is 253 g/mol. The minimum Gasteiger partial charge on any atom is -0.365 e. The molecule has 0 aliphatic rings. The summed E-state index contributed by atoms with van der Waals surface area (Å²) in [5.41, 5.74) is 8.17. The van der Waals surface area contributed by atoms with E-state index in [1.54, 1.807) is 0 Å². The van der Waals surface area contributed by atoms with Crippen molar-refractivity contribution in [2.45, 2.75) is 6.54 Å². The number of aromatic nitrogens is 4. The lowest BCUT2D eigenvalue weighted by molar-refractivity contribution is -0.122. The Morgan fingerprint density at radius 3 is 2.84 bits per heavy atom. The fourth-order valence-electron chi connectivity index (χ4n) is 1.21. The maximum atomic E-state index is 12.6. The van der Waals surface area contributed by atoms with Crippen molar-refractivity contribution in [2.75, 3.05) is 5.73 Å². The number of rotatable bonds is 4. The van der Waals surface area contributed by atoms with Gasteiger partial charge < -0.3 is 5.73 Å². The van der Waals surface area contributed by atoms with Crippen molar-refractivity contribution in [2.24, 2.45) is 5.10 Å². The van der Waals surface area contributed by atoms with E-state index in [9.17, 15) is 9.18 Å². The van der Waals surface area contributed by atoms with Crippen LogP contribution in [-0.4, -0.2) is 32.3 Å². The molecule has 1 heterocycles. The lowest BCUT2D eigenvalue weighted by Crippen LogP contribution is -2.24. The molecule has 0 saturated carbocycles. The Bertz CT molecular complexity index is 592. The van der Waals surface area contributed by atoms with E-state index >= 15 is 0 Å². The Hall–Kier alpha value is -2.84. The first-order chi connectivity index (χ1) is 9.13. The Balaban J connectivity index is 1.84. The number of hydrogen-bond donors (Lipinski definition) is 2. The number of carbonyl (C=O) groups excluding carboxylic acids is 1. The molecule has 1 aromatic heterocycles. The van der Waals surface area contributed by atoms with Crippen molar-refractivity contribution in [1.29, 1.82) is 0 Å². The molecule has 98 valence electrons. The number of hydrogen-bond acceptors (Lipinski definition) is 6. The highest BCUT2D eigenvalue weighted by molar-refractivity contribution is 5.82. The number of halogens is 1. The second-order valence-electron chi connectivity index (χ2n) is 3.52. The highest BCUT2D eigenvalue weighted by Gasteiger charge is 2.04. The van der Waals surface area contributed by atoms with Gasteiger partial charge in [-0.2, -0.15) is 9.90 Å². The zero-order valence-corrected chi connectivity index (χ0v) is 9.69. The van der Waals surface area contributed by atoms with Crippen molar-refractivity contribution < 1.29 is 9.18 Å². The van der Waals surface area contributed by atoms with Crippen LogP contribution in [0.3, 0.4) is 0 Å². The summed E-state index contributed by atoms with van der Waals surface area (Å²) in [7, 11) is 0. The number of nitrogens with two attached hydrogens (primary N) is 1. The topological polar surface area (TPSA) is 111 Å². The van der Waals surface area contributed by atoms with Crippen LogP contribution < -0.4 is 11.2 Å². The van der Waals surface area contributed by atoms with Crippen LogP contribution in [0.1, 0.15) is 5.56 Å². The first-order valence-electron chi connectivity index (χ1n) is 5.24. The predicted octanol–water partition coefficient (Wildman–Crippen LogP) is -0.455. The van der Waals surface area contributed by atoms with Gasteiger partial charge in [0.1, 0.15) is 12.4 Å². The molecule has 3 N–H and O–H groups in total. The maximum Gasteiger partial charge on any atom is 0.263 e. The number of anilines is 1. The molecular formula is C10H10FN7O. The summed E-state index contributed by atoms with van der Waals surface area (Å²) in [6.45, 7) is -0.148. The van der Waals surface area contributed by atoms with Crippen LogP contribution >= 0.6 is 0 Å². The number of benzene rings is 1. The van der Waals surface area contributed by atoms with Gasteiger partial charge in [-0.1, -0.05) is 17.2 Å². The monoisotopic (exact) mass is 263 g/mol. The third-order valence-corrected chi connectivity index (χ3v) is 2.03. The molecule has 2 rings (SSSR count). The summed E-state index contributed by atoms with van der Waals surface area (Å²) in [5, 5.41) is 14.3. The van der Waals surface area contributed by atoms with Gasteiger partial charge in [-0.05, 0) is 22.9 Å². The summed E-state index contributed by atoms with van der Waals surface area (Å²) in [6.07, 6.45) is 1.39. The minimum absolute atomic E-state index is 0.0115. The molecule has 0 atom stereocenters. The number of carbonyl (C=O) groups is 1. The zero-order valence-electron chi connectivity index (χ0n) is 9.69. The lowest BCUT2D eigenvalue weighted by atomic mass is 10.2. The molecule has 0 unspecified atom stereocenters. The molecule has 0 aliphatic carbocycles. The lowest BCUT2D eigenvalue weighted by Gasteiger charge is -1.97. The highest BCUT2D eigenvalue weighted by Crippen LogP contribution is 1.99. The van der Waals surface area contributed by atoms with Gasteiger partial charge in [0, 0.05) is 0 Å². The molecule has 9 heteroatoms. The van der Waals surface area contributed by atoms with E-state index in [1.807, 2.05) is 0 Å². The van der Waals surface area contributed by atoms with Crippen molar-refractivity contribution in [3.05, 3.63) is 35.6 Å². The fraction of sp³-hybridized carbons (Fsp3) is 0.100. The molecule has 2 aromatic rings. The Labute approximate surface area is 107 Å². The molecule has 0 spiro atoms. The molecule has 19 heavy (non-hydrogen) atoms. The second-order valence-corrected chi connectivity index (χ2v) is 3.52. The third-order valence-electron chi connectivity index (χ3n) is 2.03. The van der Waals surface area contributed by atoms with Gasteiger partial charge in [0.05, 0.1) is 6.21 Å². The van der Waals surface area contributed by atoms with Gasteiger partial charge in [0.2, 0.25) is 0 Å². The minimum atomic E-state index is -0.434. The SMILES string of the molecule is Nc1nnn(CC(=O)N/N=C\c2ccc(F)cc2)n1. The zero-order chi connectivity index (χ0) is 13.7. The van der Waals surface area contributed by atoms with Crippen molar-refractivity contribution in [1.82, 2.24) is 25.6 Å². The largest absolute Gasteiger partial charge is 0.365 e. The molecule has 0 aliphatic heterocycles. The standard InChI is InChI=1S/C10H10FN7O/c11-8-3-1-7(2-4-8)5-13-14-9(19)6-18-16-10(12)15-17-18/h1-5H,6H2,(H2,12,16)(H,14,19)/b13-5-. The first kappa shape index (κ1) is 12.6. The first-order valence-corrected chi connectivity index (χ1v) is 5.24. The third kappa shape index (κ3) is 3.84. The Kier molecular flexibility index (Phi) is 3.76. The van der Waals surface area contributed by atoms with E-state index in [0.29, 0.717) is 5.56 Å². The number of amides is 1. The summed E-state index contributed by atoms with van der Waals surface area (Å²) < 4.78 is 12.6. The van der Waals surface area contributed by atoms with Crippen LogP contribution in [0.4, 0.5) is 10.3 Å². The smallest absolute Gasteiger partial charge is 0.263 e. The van der Waals surface area contributed by atoms with E-state index in [4.69, 9.17) is 5.73 Å². The van der Waals surface area contributed by atoms with E-state index in [2.05, 4.69) is 25.9 Å². The molecule has 0 radical (unpaired) electrons. The average Bonchev–Trinajstić information content (AvgIpc) is 2.77. The van der Waals surface area contributed by atoms with Gasteiger partial charge in [-0.25, -0.2) is 9.82 Å². The van der Waals surface area contributed by atoms with Gasteiger partial charge in [0.25, 0.3) is 11.9 Å². The maximum absolute atomic E-state index is 12.6. The molecule has 1 aromatic carbocycles. The Morgan fingerprint density at radius 1 is 1.47 bits per heavy atom. The van der Waals surface area contributed by atoms with Gasteiger partial charge in [-0.15, -0.1) is 5.10 Å². The van der Waals surface area contributed by atoms with Crippen molar-refractivity contribution in [3.8, 4) is 0 Å². The second kappa shape index (κ2) is 5.67. The van der Waals surface area contributed by atoms with Crippen LogP contribution in [0, 0.1) is 5.82 Å². The average molecular weight is 263 g/mol. The molecule has 0 bridgehead atoms. The van der Waals surface area contributed by atoms with Gasteiger partial charge in [-0.3, -0.25) is 4.79 Å². The van der Waals surface area contributed by atoms with Crippen LogP contribution in [0.25, 0.3) is 0 Å². The van der Waals surface area contributed by atoms with Crippen LogP contribution in [0.2, 0.25) is 0 Å². The van der Waals surface area contributed by atoms with Crippen molar-refractivity contribution >= 4 is 18.1 Å². The normalized spacial score (nSPS) is 10.8. The van der Waals surface area contributed by atoms with E-state index in [0.717, 1.165) is 4.80 Å². The molecule has 0 saturated heterocycles. The quantitative estimate of drug-likeness (QED) is 0.573. The Morgan fingerprint density at radius 2 is 2.21 bits per heavy atom. The van der Waals surface area contributed by atoms with Crippen molar-refractivity contribution in [3.63, 3.8) is 0 Å². The van der Waals surface area contributed by atoms with Crippen LogP contribution in [-0.2, 0) is 11.3 Å². The highest BCUT2D eigenvalue weighted by atomic mass is 19.1. The van der Waals surface area contributed by atoms with E-state index in [-0.39, 0.29) is 18.3 Å². The molecule has 1 amide bonds. The van der Waals surface area contributed by atoms with Gasteiger partial charge >= 0.3 is 0 Å². The van der Waals surface area contributed by atoms with E-state index in [1.165, 1.54) is 30.5 Å². The molecule has 0 fully saturated rings. The fourth-order valence-corrected chi connectivity index (χ4v) is 1.21. The summed E-state index contributed by atoms with van der Waals surface area (Å²) in [5.74, 6) is -0.783. The predicted molar refractivity (Wildman–Crippen MR) is 64.4 cm³/mol. The number of nitrogens with one attached hydrogen (secondary N) is 1. The number of tetrazole rings is 1. The van der Waals surface area contributed by atoms with E-state index < -0.39 is 5.91 Å². The number of hydrazone groups is 1. The molecule has 8 nitrogen and oxygen atoms in total. The number of nitrogen functional groups attached to an aromatic ring is 1. The summed E-state index contributed by atoms with van der Waals surface area (Å²) >= 11 is 0. The summed E-state index contributed by atoms with van der Waals surface area (Å²) in [6, 6.07) is 5.66. The van der Waals surface area contributed by atoms with Crippen LogP contribution in [0.5, 0.6) is 0 Å². The van der Waals surface area contributed by atoms with Gasteiger partial charge in [0.15, 0.2) is 0 Å². The van der Waals surface area contributed by atoms with Crippen LogP contribution in [0.15, 0.2) is 29.4 Å². The number of nitrogens with zero attached hydrogens (tertiary/aromatic N) is 5. The summed E-state index contributed by atoms with van der Waals surface area (Å²) in [4.78, 5) is 12.5.